The van der Waals surface area contributed by atoms with Gasteiger partial charge in [-0.05, 0) is 42.3 Å². The summed E-state index contributed by atoms with van der Waals surface area (Å²) in [7, 11) is 1.56. The summed E-state index contributed by atoms with van der Waals surface area (Å²) >= 11 is 0. The molecule has 0 atom stereocenters. The van der Waals surface area contributed by atoms with Crippen LogP contribution >= 0.6 is 0 Å². The molecular formula is C23H22N2O5. The molecule has 2 aromatic carbocycles. The van der Waals surface area contributed by atoms with E-state index in [0.717, 1.165) is 11.1 Å². The lowest BCUT2D eigenvalue weighted by Gasteiger charge is -2.12. The molecule has 0 bridgehead atoms. The molecule has 0 aliphatic rings. The molecular weight excluding hydrogens is 384 g/mol. The lowest BCUT2D eigenvalue weighted by Crippen LogP contribution is -2.15. The highest BCUT2D eigenvalue weighted by molar-refractivity contribution is 6.00. The average molecular weight is 406 g/mol. The molecule has 7 nitrogen and oxygen atoms in total. The number of benzene rings is 2. The highest BCUT2D eigenvalue weighted by Crippen LogP contribution is 2.29. The minimum absolute atomic E-state index is 0.0580. The smallest absolute Gasteiger partial charge is 0.337 e. The fourth-order valence-electron chi connectivity index (χ4n) is 2.88. The third kappa shape index (κ3) is 5.57. The topological polar surface area (TPSA) is 97.8 Å². The number of ether oxygens (including phenoxy) is 2. The molecule has 1 aromatic heterocycles. The first kappa shape index (κ1) is 20.9. The predicted octanol–water partition coefficient (Wildman–Crippen LogP) is 3.94. The number of para-hydroxylation sites is 1. The van der Waals surface area contributed by atoms with Crippen molar-refractivity contribution < 1.29 is 24.2 Å². The molecule has 0 saturated heterocycles. The Morgan fingerprint density at radius 1 is 1.03 bits per heavy atom. The summed E-state index contributed by atoms with van der Waals surface area (Å²) in [6.45, 7) is 0.370. The first-order valence-electron chi connectivity index (χ1n) is 9.37. The van der Waals surface area contributed by atoms with Crippen molar-refractivity contribution in [2.75, 3.05) is 12.4 Å². The zero-order chi connectivity index (χ0) is 21.3. The van der Waals surface area contributed by atoms with E-state index in [-0.39, 0.29) is 23.6 Å². The standard InChI is InChI=1S/C23H22N2O5/c1-29-21-13-16(8-10-20(21)30-15-17-5-4-12-24-14-17)9-11-22(26)25-19-7-3-2-6-18(19)23(27)28/h2-8,10,12-14H,9,11,15H2,1H3,(H,25,26)(H,27,28). The third-order valence-corrected chi connectivity index (χ3v) is 4.42. The molecule has 154 valence electrons. The van der Waals surface area contributed by atoms with E-state index in [9.17, 15) is 14.7 Å². The van der Waals surface area contributed by atoms with Gasteiger partial charge in [-0.3, -0.25) is 9.78 Å². The van der Waals surface area contributed by atoms with E-state index in [1.807, 2.05) is 30.3 Å². The lowest BCUT2D eigenvalue weighted by atomic mass is 10.1. The molecule has 3 aromatic rings. The van der Waals surface area contributed by atoms with Crippen molar-refractivity contribution in [3.8, 4) is 11.5 Å². The number of nitrogens with zero attached hydrogens (tertiary/aromatic N) is 1. The van der Waals surface area contributed by atoms with E-state index in [2.05, 4.69) is 10.3 Å². The molecule has 0 saturated carbocycles. The van der Waals surface area contributed by atoms with Crippen LogP contribution in [0.3, 0.4) is 0 Å². The number of hydrogen-bond acceptors (Lipinski definition) is 5. The molecule has 0 spiro atoms. The molecule has 0 fully saturated rings. The lowest BCUT2D eigenvalue weighted by molar-refractivity contribution is -0.116. The summed E-state index contributed by atoms with van der Waals surface area (Å²) in [6, 6.07) is 15.6. The van der Waals surface area contributed by atoms with Gasteiger partial charge in [0.25, 0.3) is 0 Å². The number of aryl methyl sites for hydroxylation is 1. The minimum Gasteiger partial charge on any atom is -0.493 e. The predicted molar refractivity (Wildman–Crippen MR) is 112 cm³/mol. The van der Waals surface area contributed by atoms with Crippen molar-refractivity contribution >= 4 is 17.6 Å². The van der Waals surface area contributed by atoms with E-state index in [1.165, 1.54) is 6.07 Å². The number of aromatic nitrogens is 1. The summed E-state index contributed by atoms with van der Waals surface area (Å²) in [4.78, 5) is 27.6. The molecule has 0 unspecified atom stereocenters. The fraction of sp³-hybridized carbons (Fsp3) is 0.174. The molecule has 1 amide bonds. The number of carboxylic acid groups (broad SMARTS) is 1. The van der Waals surface area contributed by atoms with Gasteiger partial charge in [-0.2, -0.15) is 0 Å². The summed E-state index contributed by atoms with van der Waals surface area (Å²) in [6.07, 6.45) is 4.12. The van der Waals surface area contributed by atoms with E-state index in [1.54, 1.807) is 37.7 Å². The average Bonchev–Trinajstić information content (AvgIpc) is 2.77. The van der Waals surface area contributed by atoms with Crippen molar-refractivity contribution in [3.63, 3.8) is 0 Å². The van der Waals surface area contributed by atoms with Gasteiger partial charge in [0.15, 0.2) is 11.5 Å². The molecule has 0 radical (unpaired) electrons. The largest absolute Gasteiger partial charge is 0.493 e. The SMILES string of the molecule is COc1cc(CCC(=O)Nc2ccccc2C(=O)O)ccc1OCc1cccnc1. The molecule has 30 heavy (non-hydrogen) atoms. The maximum atomic E-state index is 12.3. The summed E-state index contributed by atoms with van der Waals surface area (Å²) < 4.78 is 11.2. The Morgan fingerprint density at radius 2 is 1.87 bits per heavy atom. The van der Waals surface area contributed by atoms with Gasteiger partial charge >= 0.3 is 5.97 Å². The van der Waals surface area contributed by atoms with Gasteiger partial charge in [0, 0.05) is 24.4 Å². The molecule has 1 heterocycles. The van der Waals surface area contributed by atoms with E-state index in [0.29, 0.717) is 24.5 Å². The number of aromatic carboxylic acids is 1. The van der Waals surface area contributed by atoms with Crippen LogP contribution in [0.1, 0.15) is 27.9 Å². The summed E-state index contributed by atoms with van der Waals surface area (Å²) in [5.41, 5.74) is 2.19. The second-order valence-electron chi connectivity index (χ2n) is 6.53. The van der Waals surface area contributed by atoms with Gasteiger partial charge in [-0.15, -0.1) is 0 Å². The maximum absolute atomic E-state index is 12.3. The number of amides is 1. The quantitative estimate of drug-likeness (QED) is 0.559. The first-order chi connectivity index (χ1) is 14.6. The van der Waals surface area contributed by atoms with Crippen LogP contribution in [-0.4, -0.2) is 29.1 Å². The van der Waals surface area contributed by atoms with Crippen LogP contribution in [-0.2, 0) is 17.8 Å². The fourth-order valence-corrected chi connectivity index (χ4v) is 2.88. The van der Waals surface area contributed by atoms with Crippen molar-refractivity contribution in [2.24, 2.45) is 0 Å². The van der Waals surface area contributed by atoms with E-state index in [4.69, 9.17) is 9.47 Å². The maximum Gasteiger partial charge on any atom is 0.337 e. The third-order valence-electron chi connectivity index (χ3n) is 4.42. The number of carbonyl (C=O) groups excluding carboxylic acids is 1. The normalized spacial score (nSPS) is 10.3. The van der Waals surface area contributed by atoms with Crippen molar-refractivity contribution in [1.29, 1.82) is 0 Å². The van der Waals surface area contributed by atoms with Gasteiger partial charge in [-0.25, -0.2) is 4.79 Å². The van der Waals surface area contributed by atoms with Gasteiger partial charge in [0.05, 0.1) is 18.4 Å². The second-order valence-corrected chi connectivity index (χ2v) is 6.53. The molecule has 3 rings (SSSR count). The van der Waals surface area contributed by atoms with Crippen LogP contribution in [0.4, 0.5) is 5.69 Å². The first-order valence-corrected chi connectivity index (χ1v) is 9.37. The monoisotopic (exact) mass is 406 g/mol. The highest BCUT2D eigenvalue weighted by Gasteiger charge is 2.12. The number of pyridine rings is 1. The second kappa shape index (κ2) is 10.1. The minimum atomic E-state index is -1.09. The number of carbonyl (C=O) groups is 2. The Hall–Kier alpha value is -3.87. The number of anilines is 1. The Kier molecular flexibility index (Phi) is 7.00. The Balaban J connectivity index is 1.59. The zero-order valence-electron chi connectivity index (χ0n) is 16.5. The summed E-state index contributed by atoms with van der Waals surface area (Å²) in [5, 5.41) is 11.9. The van der Waals surface area contributed by atoms with Gasteiger partial charge in [0.2, 0.25) is 5.91 Å². The van der Waals surface area contributed by atoms with Gasteiger partial charge < -0.3 is 19.9 Å². The van der Waals surface area contributed by atoms with E-state index < -0.39 is 5.97 Å². The Labute approximate surface area is 174 Å². The molecule has 0 aliphatic carbocycles. The van der Waals surface area contributed by atoms with Crippen LogP contribution in [0.25, 0.3) is 0 Å². The van der Waals surface area contributed by atoms with Crippen LogP contribution < -0.4 is 14.8 Å². The Bertz CT molecular complexity index is 1020. The van der Waals surface area contributed by atoms with Crippen molar-refractivity contribution in [2.45, 2.75) is 19.4 Å². The van der Waals surface area contributed by atoms with Crippen LogP contribution in [0.15, 0.2) is 67.0 Å². The van der Waals surface area contributed by atoms with Gasteiger partial charge in [0.1, 0.15) is 6.61 Å². The van der Waals surface area contributed by atoms with Crippen LogP contribution in [0, 0.1) is 0 Å². The number of rotatable bonds is 9. The van der Waals surface area contributed by atoms with Crippen LogP contribution in [0.2, 0.25) is 0 Å². The number of hydrogen-bond donors (Lipinski definition) is 2. The van der Waals surface area contributed by atoms with E-state index >= 15 is 0 Å². The number of carboxylic acids is 1. The van der Waals surface area contributed by atoms with Crippen molar-refractivity contribution in [1.82, 2.24) is 4.98 Å². The molecule has 0 aliphatic heterocycles. The Morgan fingerprint density at radius 3 is 2.60 bits per heavy atom. The highest BCUT2D eigenvalue weighted by atomic mass is 16.5. The summed E-state index contributed by atoms with van der Waals surface area (Å²) in [5.74, 6) is -0.171. The number of methoxy groups -OCH3 is 1. The van der Waals surface area contributed by atoms with Crippen molar-refractivity contribution in [3.05, 3.63) is 83.7 Å². The molecule has 7 heteroatoms. The number of nitrogens with one attached hydrogen (secondary N) is 1. The zero-order valence-corrected chi connectivity index (χ0v) is 16.5. The van der Waals surface area contributed by atoms with Crippen LogP contribution in [0.5, 0.6) is 11.5 Å². The van der Waals surface area contributed by atoms with Gasteiger partial charge in [-0.1, -0.05) is 24.3 Å². The molecule has 2 N–H and O–H groups in total.